The fourth-order valence-corrected chi connectivity index (χ4v) is 2.72. The topological polar surface area (TPSA) is 52.1 Å². The van der Waals surface area contributed by atoms with Crippen molar-refractivity contribution >= 4 is 29.9 Å². The van der Waals surface area contributed by atoms with Crippen molar-refractivity contribution in [1.29, 1.82) is 0 Å². The van der Waals surface area contributed by atoms with E-state index in [1.54, 1.807) is 7.11 Å². The second-order valence-electron chi connectivity index (χ2n) is 6.85. The van der Waals surface area contributed by atoms with E-state index in [9.17, 15) is 0 Å². The quantitative estimate of drug-likeness (QED) is 0.187. The third kappa shape index (κ3) is 14.7. The molecule has 0 rings (SSSR count). The van der Waals surface area contributed by atoms with E-state index in [-0.39, 0.29) is 24.0 Å². The maximum Gasteiger partial charge on any atom is 0.190 e. The summed E-state index contributed by atoms with van der Waals surface area (Å²) in [6, 6.07) is 1.19. The van der Waals surface area contributed by atoms with Crippen molar-refractivity contribution in [3.05, 3.63) is 0 Å². The van der Waals surface area contributed by atoms with Crippen molar-refractivity contribution < 1.29 is 4.74 Å². The van der Waals surface area contributed by atoms with Gasteiger partial charge < -0.3 is 20.3 Å². The third-order valence-corrected chi connectivity index (χ3v) is 4.12. The summed E-state index contributed by atoms with van der Waals surface area (Å²) in [5.41, 5.74) is 0. The Balaban J connectivity index is 0. The minimum Gasteiger partial charge on any atom is -0.383 e. The molecule has 2 N–H and O–H groups in total. The zero-order valence-electron chi connectivity index (χ0n) is 17.5. The molecule has 0 aliphatic carbocycles. The van der Waals surface area contributed by atoms with Crippen LogP contribution in [-0.2, 0) is 4.74 Å². The second-order valence-corrected chi connectivity index (χ2v) is 6.85. The van der Waals surface area contributed by atoms with E-state index in [0.717, 1.165) is 58.1 Å². The normalized spacial score (nSPS) is 12.2. The van der Waals surface area contributed by atoms with Gasteiger partial charge in [-0.25, -0.2) is 0 Å². The molecule has 0 atom stereocenters. The number of ether oxygens (including phenoxy) is 1. The number of rotatable bonds is 13. The van der Waals surface area contributed by atoms with Gasteiger partial charge in [-0.2, -0.15) is 0 Å². The Morgan fingerprint density at radius 3 is 1.92 bits per heavy atom. The van der Waals surface area contributed by atoms with Gasteiger partial charge in [0.15, 0.2) is 5.96 Å². The first-order valence-corrected chi connectivity index (χ1v) is 9.30. The summed E-state index contributed by atoms with van der Waals surface area (Å²) < 4.78 is 5.09. The minimum atomic E-state index is 0. The molecule has 0 spiro atoms. The number of methoxy groups -OCH3 is 1. The summed E-state index contributed by atoms with van der Waals surface area (Å²) in [4.78, 5) is 9.10. The molecule has 0 unspecified atom stereocenters. The van der Waals surface area contributed by atoms with Crippen LogP contribution in [0.5, 0.6) is 0 Å². The number of nitrogens with zero attached hydrogens (tertiary/aromatic N) is 3. The zero-order valence-corrected chi connectivity index (χ0v) is 19.8. The maximum absolute atomic E-state index is 5.09. The lowest BCUT2D eigenvalue weighted by Gasteiger charge is -2.30. The minimum absolute atomic E-state index is 0. The van der Waals surface area contributed by atoms with Crippen molar-refractivity contribution in [1.82, 2.24) is 20.4 Å². The molecule has 6 nitrogen and oxygen atoms in total. The molecule has 0 aromatic rings. The van der Waals surface area contributed by atoms with Gasteiger partial charge in [0.2, 0.25) is 0 Å². The van der Waals surface area contributed by atoms with Crippen LogP contribution in [0.4, 0.5) is 0 Å². The Bertz CT molecular complexity index is 319. The van der Waals surface area contributed by atoms with E-state index in [4.69, 9.17) is 4.74 Å². The molecule has 152 valence electrons. The Hall–Kier alpha value is -0.120. The van der Waals surface area contributed by atoms with Gasteiger partial charge in [-0.15, -0.1) is 24.0 Å². The number of likely N-dealkylation sites (N-methyl/N-ethyl adjacent to an activating group) is 1. The van der Waals surface area contributed by atoms with Crippen molar-refractivity contribution in [2.45, 2.75) is 52.6 Å². The van der Waals surface area contributed by atoms with Crippen molar-refractivity contribution in [2.75, 3.05) is 60.5 Å². The number of guanidine groups is 1. The molecule has 0 heterocycles. The summed E-state index contributed by atoms with van der Waals surface area (Å²) in [5, 5.41) is 6.79. The van der Waals surface area contributed by atoms with Crippen LogP contribution >= 0.6 is 24.0 Å². The second kappa shape index (κ2) is 17.3. The third-order valence-electron chi connectivity index (χ3n) is 4.12. The molecule has 7 heteroatoms. The first-order chi connectivity index (χ1) is 11.4. The smallest absolute Gasteiger partial charge is 0.190 e. The molecule has 0 saturated heterocycles. The van der Waals surface area contributed by atoms with Gasteiger partial charge in [-0.05, 0) is 54.1 Å². The molecule has 0 amide bonds. The molecule has 0 fully saturated rings. The van der Waals surface area contributed by atoms with Crippen LogP contribution in [0.2, 0.25) is 0 Å². The average Bonchev–Trinajstić information content (AvgIpc) is 2.53. The Morgan fingerprint density at radius 2 is 1.48 bits per heavy atom. The van der Waals surface area contributed by atoms with E-state index >= 15 is 0 Å². The van der Waals surface area contributed by atoms with Crippen LogP contribution < -0.4 is 10.6 Å². The van der Waals surface area contributed by atoms with Gasteiger partial charge in [-0.1, -0.05) is 0 Å². The predicted molar refractivity (Wildman–Crippen MR) is 120 cm³/mol. The Kier molecular flexibility index (Phi) is 18.8. The lowest BCUT2D eigenvalue weighted by atomic mass is 10.2. The molecular weight excluding hydrogens is 429 g/mol. The number of aliphatic imine (C=N–C) groups is 1. The maximum atomic E-state index is 5.09. The van der Waals surface area contributed by atoms with Gasteiger partial charge >= 0.3 is 0 Å². The van der Waals surface area contributed by atoms with Crippen LogP contribution in [0, 0.1) is 0 Å². The van der Waals surface area contributed by atoms with Gasteiger partial charge in [0.1, 0.15) is 0 Å². The van der Waals surface area contributed by atoms with E-state index in [2.05, 4.69) is 60.2 Å². The summed E-state index contributed by atoms with van der Waals surface area (Å²) >= 11 is 0. The standard InChI is InChI=1S/C18H41N5O.HI/c1-16(2)23(17(3)4)13-9-11-21-18(19-5)20-10-8-12-22(6)14-15-24-7;/h16-17H,8-15H2,1-7H3,(H2,19,20,21);1H. The van der Waals surface area contributed by atoms with Crippen molar-refractivity contribution in [3.63, 3.8) is 0 Å². The lowest BCUT2D eigenvalue weighted by Crippen LogP contribution is -2.41. The fraction of sp³-hybridized carbons (Fsp3) is 0.944. The van der Waals surface area contributed by atoms with Crippen LogP contribution in [0.1, 0.15) is 40.5 Å². The van der Waals surface area contributed by atoms with Crippen LogP contribution in [0.25, 0.3) is 0 Å². The molecule has 25 heavy (non-hydrogen) atoms. The lowest BCUT2D eigenvalue weighted by molar-refractivity contribution is 0.161. The molecule has 0 aliphatic heterocycles. The Labute approximate surface area is 173 Å². The van der Waals surface area contributed by atoms with E-state index in [0.29, 0.717) is 12.1 Å². The van der Waals surface area contributed by atoms with E-state index in [1.165, 1.54) is 0 Å². The van der Waals surface area contributed by atoms with Crippen molar-refractivity contribution in [2.24, 2.45) is 4.99 Å². The highest BCUT2D eigenvalue weighted by Gasteiger charge is 2.12. The molecule has 0 aromatic heterocycles. The first-order valence-electron chi connectivity index (χ1n) is 9.30. The molecule has 0 saturated carbocycles. The van der Waals surface area contributed by atoms with Gasteiger partial charge in [0, 0.05) is 52.4 Å². The van der Waals surface area contributed by atoms with Gasteiger partial charge in [-0.3, -0.25) is 9.89 Å². The summed E-state index contributed by atoms with van der Waals surface area (Å²) in [7, 11) is 5.70. The average molecular weight is 471 g/mol. The highest BCUT2D eigenvalue weighted by Crippen LogP contribution is 2.05. The first kappa shape index (κ1) is 27.1. The predicted octanol–water partition coefficient (Wildman–Crippen LogP) is 2.25. The number of hydrogen-bond donors (Lipinski definition) is 2. The van der Waals surface area contributed by atoms with E-state index in [1.807, 2.05) is 7.05 Å². The molecule has 0 radical (unpaired) electrons. The van der Waals surface area contributed by atoms with Crippen LogP contribution in [-0.4, -0.2) is 88.4 Å². The molecule has 0 aromatic carbocycles. The fourth-order valence-electron chi connectivity index (χ4n) is 2.72. The van der Waals surface area contributed by atoms with Crippen molar-refractivity contribution in [3.8, 4) is 0 Å². The largest absolute Gasteiger partial charge is 0.383 e. The SMILES string of the molecule is CN=C(NCCCN(C)CCOC)NCCCN(C(C)C)C(C)C.I. The highest BCUT2D eigenvalue weighted by molar-refractivity contribution is 14.0. The van der Waals surface area contributed by atoms with Gasteiger partial charge in [0.05, 0.1) is 6.61 Å². The van der Waals surface area contributed by atoms with Gasteiger partial charge in [0.25, 0.3) is 0 Å². The number of nitrogens with one attached hydrogen (secondary N) is 2. The summed E-state index contributed by atoms with van der Waals surface area (Å²) in [5.74, 6) is 0.898. The number of halogens is 1. The van der Waals surface area contributed by atoms with E-state index < -0.39 is 0 Å². The molecule has 0 aliphatic rings. The molecular formula is C18H42IN5O. The summed E-state index contributed by atoms with van der Waals surface area (Å²) in [6.07, 6.45) is 2.21. The van der Waals surface area contributed by atoms with Crippen LogP contribution in [0.3, 0.4) is 0 Å². The van der Waals surface area contributed by atoms with Crippen LogP contribution in [0.15, 0.2) is 4.99 Å². The summed E-state index contributed by atoms with van der Waals surface area (Å²) in [6.45, 7) is 14.9. The number of hydrogen-bond acceptors (Lipinski definition) is 4. The molecule has 0 bridgehead atoms. The monoisotopic (exact) mass is 471 g/mol. The zero-order chi connectivity index (χ0) is 18.4. The Morgan fingerprint density at radius 1 is 0.960 bits per heavy atom. The highest BCUT2D eigenvalue weighted by atomic mass is 127.